The van der Waals surface area contributed by atoms with Crippen LogP contribution in [0.4, 0.5) is 0 Å². The van der Waals surface area contributed by atoms with Crippen LogP contribution in [0.3, 0.4) is 0 Å². The predicted octanol–water partition coefficient (Wildman–Crippen LogP) is 0.775. The van der Waals surface area contributed by atoms with Crippen molar-refractivity contribution in [3.05, 3.63) is 35.9 Å². The van der Waals surface area contributed by atoms with E-state index < -0.39 is 70.5 Å². The highest BCUT2D eigenvalue weighted by Crippen LogP contribution is 2.28. The molecular formula is C21H29NO10S. The van der Waals surface area contributed by atoms with E-state index in [1.807, 2.05) is 0 Å². The molecule has 1 aliphatic heterocycles. The SMILES string of the molecule is CO[C@H]1O[C@H](CS(=O)(=O)OC(C)C)[C@@H](OC(C)=O)[C@H](OC(C)=O)[C@H]1NC(=O)c1ccccc1. The molecule has 0 unspecified atom stereocenters. The second kappa shape index (κ2) is 11.5. The molecule has 1 aliphatic rings. The normalized spacial score (nSPS) is 25.3. The van der Waals surface area contributed by atoms with Crippen LogP contribution < -0.4 is 5.32 Å². The lowest BCUT2D eigenvalue weighted by Crippen LogP contribution is -2.66. The molecule has 0 radical (unpaired) electrons. The zero-order valence-corrected chi connectivity index (χ0v) is 19.9. The molecular weight excluding hydrogens is 458 g/mol. The number of methoxy groups -OCH3 is 1. The molecule has 0 aliphatic carbocycles. The van der Waals surface area contributed by atoms with Crippen LogP contribution in [-0.4, -0.2) is 75.9 Å². The lowest BCUT2D eigenvalue weighted by molar-refractivity contribution is -0.259. The minimum Gasteiger partial charge on any atom is -0.456 e. The molecule has 1 aromatic rings. The van der Waals surface area contributed by atoms with E-state index in [4.69, 9.17) is 23.1 Å². The molecule has 33 heavy (non-hydrogen) atoms. The Morgan fingerprint density at radius 2 is 1.61 bits per heavy atom. The van der Waals surface area contributed by atoms with Crippen molar-refractivity contribution < 1.29 is 45.9 Å². The highest BCUT2D eigenvalue weighted by atomic mass is 32.2. The summed E-state index contributed by atoms with van der Waals surface area (Å²) in [6, 6.07) is 7.09. The summed E-state index contributed by atoms with van der Waals surface area (Å²) in [5, 5.41) is 2.67. The van der Waals surface area contributed by atoms with Gasteiger partial charge in [0.1, 0.15) is 17.9 Å². The Hall–Kier alpha value is -2.54. The number of carbonyl (C=O) groups excluding carboxylic acids is 3. The second-order valence-electron chi connectivity index (χ2n) is 7.66. The largest absolute Gasteiger partial charge is 0.456 e. The average molecular weight is 488 g/mol. The molecule has 0 bridgehead atoms. The standard InChI is InChI=1S/C21H29NO10S/c1-12(2)32-33(26,27)11-16-18(29-13(3)23)19(30-14(4)24)17(21(28-5)31-16)22-20(25)15-9-7-6-8-10-15/h6-10,12,16-19,21H,11H2,1-5H3,(H,22,25)/t16-,17-,18-,19-,21+/m1/s1. The van der Waals surface area contributed by atoms with Crippen LogP contribution in [0.1, 0.15) is 38.1 Å². The molecule has 5 atom stereocenters. The topological polar surface area (TPSA) is 144 Å². The van der Waals surface area contributed by atoms with E-state index in [1.165, 1.54) is 21.0 Å². The van der Waals surface area contributed by atoms with Gasteiger partial charge in [0.25, 0.3) is 16.0 Å². The molecule has 1 saturated heterocycles. The van der Waals surface area contributed by atoms with E-state index in [0.29, 0.717) is 5.56 Å². The number of benzene rings is 1. The van der Waals surface area contributed by atoms with Crippen LogP contribution in [0.15, 0.2) is 30.3 Å². The number of nitrogens with one attached hydrogen (secondary N) is 1. The fourth-order valence-corrected chi connectivity index (χ4v) is 4.75. The van der Waals surface area contributed by atoms with E-state index in [2.05, 4.69) is 5.32 Å². The summed E-state index contributed by atoms with van der Waals surface area (Å²) in [5.41, 5.74) is 0.313. The van der Waals surface area contributed by atoms with Crippen molar-refractivity contribution in [1.29, 1.82) is 0 Å². The summed E-state index contributed by atoms with van der Waals surface area (Å²) in [5.74, 6) is -2.75. The molecule has 0 aromatic heterocycles. The van der Waals surface area contributed by atoms with E-state index in [9.17, 15) is 22.8 Å². The number of rotatable bonds is 9. The predicted molar refractivity (Wildman–Crippen MR) is 114 cm³/mol. The van der Waals surface area contributed by atoms with Crippen molar-refractivity contribution in [2.45, 2.75) is 64.4 Å². The maximum atomic E-state index is 12.8. The van der Waals surface area contributed by atoms with Gasteiger partial charge in [0.15, 0.2) is 18.5 Å². The van der Waals surface area contributed by atoms with Crippen LogP contribution in [-0.2, 0) is 42.8 Å². The first-order valence-corrected chi connectivity index (χ1v) is 11.8. The average Bonchev–Trinajstić information content (AvgIpc) is 2.70. The van der Waals surface area contributed by atoms with Gasteiger partial charge in [0.05, 0.1) is 6.10 Å². The van der Waals surface area contributed by atoms with Gasteiger partial charge in [-0.25, -0.2) is 0 Å². The van der Waals surface area contributed by atoms with Gasteiger partial charge in [0, 0.05) is 26.5 Å². The van der Waals surface area contributed by atoms with Gasteiger partial charge in [0.2, 0.25) is 0 Å². The molecule has 1 fully saturated rings. The zero-order chi connectivity index (χ0) is 24.8. The third kappa shape index (κ3) is 7.77. The van der Waals surface area contributed by atoms with E-state index in [1.54, 1.807) is 30.3 Å². The van der Waals surface area contributed by atoms with Crippen molar-refractivity contribution in [3.63, 3.8) is 0 Å². The van der Waals surface area contributed by atoms with Crippen LogP contribution in [0.25, 0.3) is 0 Å². The van der Waals surface area contributed by atoms with E-state index in [0.717, 1.165) is 13.8 Å². The van der Waals surface area contributed by atoms with Gasteiger partial charge in [-0.15, -0.1) is 0 Å². The van der Waals surface area contributed by atoms with Gasteiger partial charge in [-0.3, -0.25) is 18.6 Å². The lowest BCUT2D eigenvalue weighted by atomic mass is 9.96. The van der Waals surface area contributed by atoms with Crippen molar-refractivity contribution in [1.82, 2.24) is 5.32 Å². The molecule has 11 nitrogen and oxygen atoms in total. The summed E-state index contributed by atoms with van der Waals surface area (Å²) in [4.78, 5) is 36.5. The number of amides is 1. The summed E-state index contributed by atoms with van der Waals surface area (Å²) in [6.07, 6.45) is -5.85. The van der Waals surface area contributed by atoms with Crippen LogP contribution >= 0.6 is 0 Å². The molecule has 1 heterocycles. The minimum atomic E-state index is -4.12. The smallest absolute Gasteiger partial charge is 0.303 e. The molecule has 0 spiro atoms. The van der Waals surface area contributed by atoms with Crippen LogP contribution in [0.2, 0.25) is 0 Å². The molecule has 0 saturated carbocycles. The fourth-order valence-electron chi connectivity index (χ4n) is 3.42. The molecule has 184 valence electrons. The summed E-state index contributed by atoms with van der Waals surface area (Å²) in [7, 11) is -2.84. The zero-order valence-electron chi connectivity index (χ0n) is 19.0. The lowest BCUT2D eigenvalue weighted by Gasteiger charge is -2.44. The van der Waals surface area contributed by atoms with Crippen LogP contribution in [0.5, 0.6) is 0 Å². The molecule has 1 amide bonds. The summed E-state index contributed by atoms with van der Waals surface area (Å²) in [6.45, 7) is 5.32. The minimum absolute atomic E-state index is 0.313. The van der Waals surface area contributed by atoms with Crippen molar-refractivity contribution in [2.24, 2.45) is 0 Å². The second-order valence-corrected chi connectivity index (χ2v) is 9.30. The van der Waals surface area contributed by atoms with E-state index in [-0.39, 0.29) is 0 Å². The Bertz CT molecular complexity index is 934. The Labute approximate surface area is 192 Å². The van der Waals surface area contributed by atoms with Gasteiger partial charge in [-0.1, -0.05) is 18.2 Å². The maximum absolute atomic E-state index is 12.8. The highest BCUT2D eigenvalue weighted by Gasteiger charge is 2.52. The first-order valence-electron chi connectivity index (χ1n) is 10.2. The van der Waals surface area contributed by atoms with Gasteiger partial charge < -0.3 is 24.3 Å². The summed E-state index contributed by atoms with van der Waals surface area (Å²) >= 11 is 0. The van der Waals surface area contributed by atoms with Gasteiger partial charge >= 0.3 is 11.9 Å². The number of hydrogen-bond donors (Lipinski definition) is 1. The highest BCUT2D eigenvalue weighted by molar-refractivity contribution is 7.86. The Morgan fingerprint density at radius 3 is 2.12 bits per heavy atom. The third-order valence-electron chi connectivity index (χ3n) is 4.52. The van der Waals surface area contributed by atoms with Crippen molar-refractivity contribution in [3.8, 4) is 0 Å². The fraction of sp³-hybridized carbons (Fsp3) is 0.571. The Balaban J connectivity index is 2.42. The number of carbonyl (C=O) groups is 3. The maximum Gasteiger partial charge on any atom is 0.303 e. The Morgan fingerprint density at radius 1 is 1.03 bits per heavy atom. The number of esters is 2. The van der Waals surface area contributed by atoms with Gasteiger partial charge in [-0.05, 0) is 26.0 Å². The molecule has 1 aromatic carbocycles. The van der Waals surface area contributed by atoms with E-state index >= 15 is 0 Å². The summed E-state index contributed by atoms with van der Waals surface area (Å²) < 4.78 is 51.6. The monoisotopic (exact) mass is 487 g/mol. The van der Waals surface area contributed by atoms with Gasteiger partial charge in [-0.2, -0.15) is 8.42 Å². The molecule has 12 heteroatoms. The quantitative estimate of drug-likeness (QED) is 0.392. The number of hydrogen-bond acceptors (Lipinski definition) is 10. The Kier molecular flexibility index (Phi) is 9.35. The van der Waals surface area contributed by atoms with Crippen LogP contribution in [0, 0.1) is 0 Å². The number of ether oxygens (including phenoxy) is 4. The molecule has 1 N–H and O–H groups in total. The molecule has 2 rings (SSSR count). The van der Waals surface area contributed by atoms with Crippen molar-refractivity contribution in [2.75, 3.05) is 12.9 Å². The van der Waals surface area contributed by atoms with Crippen molar-refractivity contribution >= 4 is 28.0 Å². The first kappa shape index (κ1) is 26.7. The first-order chi connectivity index (χ1) is 15.4. The third-order valence-corrected chi connectivity index (χ3v) is 5.94.